The highest BCUT2D eigenvalue weighted by molar-refractivity contribution is 6.32. The predicted octanol–water partition coefficient (Wildman–Crippen LogP) is 6.08. The van der Waals surface area contributed by atoms with Gasteiger partial charge in [-0.3, -0.25) is 9.59 Å². The number of carboxylic acids is 1. The van der Waals surface area contributed by atoms with Crippen molar-refractivity contribution in [1.82, 2.24) is 4.90 Å². The van der Waals surface area contributed by atoms with Crippen LogP contribution in [-0.2, 0) is 9.53 Å². The van der Waals surface area contributed by atoms with E-state index in [1.807, 2.05) is 35.2 Å². The Bertz CT molecular complexity index is 1280. The number of ether oxygens (including phenoxy) is 3. The maximum Gasteiger partial charge on any atom is 0.311 e. The lowest BCUT2D eigenvalue weighted by Crippen LogP contribution is -2.37. The SMILES string of the molecule is COC(CN(C(=O)c1ccc(Oc2cc3c(cc2Cl)C(C(=O)O)CCO3)cc1)C1CC1)c1ccccc1. The maximum absolute atomic E-state index is 13.4. The Kier molecular flexibility index (Phi) is 7.35. The molecule has 0 saturated heterocycles. The van der Waals surface area contributed by atoms with Crippen molar-refractivity contribution < 1.29 is 28.9 Å². The Hall–Kier alpha value is -3.55. The quantitative estimate of drug-likeness (QED) is 0.367. The fourth-order valence-electron chi connectivity index (χ4n) is 4.63. The highest BCUT2D eigenvalue weighted by Gasteiger charge is 2.35. The molecule has 1 heterocycles. The van der Waals surface area contributed by atoms with E-state index in [1.165, 1.54) is 0 Å². The summed E-state index contributed by atoms with van der Waals surface area (Å²) in [6.07, 6.45) is 2.16. The van der Waals surface area contributed by atoms with Crippen molar-refractivity contribution >= 4 is 23.5 Å². The van der Waals surface area contributed by atoms with Crippen molar-refractivity contribution in [2.45, 2.75) is 37.3 Å². The molecule has 37 heavy (non-hydrogen) atoms. The van der Waals surface area contributed by atoms with Gasteiger partial charge in [-0.1, -0.05) is 41.9 Å². The molecular formula is C29H28ClNO6. The molecule has 7 nitrogen and oxygen atoms in total. The van der Waals surface area contributed by atoms with Gasteiger partial charge in [0.25, 0.3) is 5.91 Å². The summed E-state index contributed by atoms with van der Waals surface area (Å²) in [6, 6.07) is 20.3. The second kappa shape index (κ2) is 10.8. The Morgan fingerprint density at radius 1 is 1.08 bits per heavy atom. The first-order valence-electron chi connectivity index (χ1n) is 12.3. The zero-order chi connectivity index (χ0) is 25.9. The molecule has 5 rings (SSSR count). The third-order valence-corrected chi connectivity index (χ3v) is 7.09. The van der Waals surface area contributed by atoms with Gasteiger partial charge in [0.15, 0.2) is 0 Å². The Balaban J connectivity index is 1.30. The fourth-order valence-corrected chi connectivity index (χ4v) is 4.84. The van der Waals surface area contributed by atoms with E-state index < -0.39 is 11.9 Å². The number of fused-ring (bicyclic) bond motifs is 1. The standard InChI is InChI=1S/C29H28ClNO6/c1-35-27(18-5-3-2-4-6-18)17-31(20-9-10-20)28(32)19-7-11-21(12-8-19)37-26-16-25-23(15-24(26)30)22(29(33)34)13-14-36-25/h2-8,11-12,15-16,20,22,27H,9-10,13-14,17H2,1H3,(H,33,34). The molecule has 2 aliphatic rings. The number of benzene rings is 3. The number of carbonyl (C=O) groups is 2. The zero-order valence-electron chi connectivity index (χ0n) is 20.4. The van der Waals surface area contributed by atoms with Gasteiger partial charge in [-0.25, -0.2) is 0 Å². The van der Waals surface area contributed by atoms with Gasteiger partial charge < -0.3 is 24.2 Å². The van der Waals surface area contributed by atoms with Crippen LogP contribution in [0.2, 0.25) is 5.02 Å². The third kappa shape index (κ3) is 5.58. The number of hydrogen-bond donors (Lipinski definition) is 1. The van der Waals surface area contributed by atoms with Crippen molar-refractivity contribution in [3.05, 3.63) is 88.4 Å². The average Bonchev–Trinajstić information content (AvgIpc) is 3.75. The second-order valence-electron chi connectivity index (χ2n) is 9.30. The minimum Gasteiger partial charge on any atom is -0.493 e. The number of aliphatic carboxylic acids is 1. The minimum atomic E-state index is -0.907. The summed E-state index contributed by atoms with van der Waals surface area (Å²) < 4.78 is 17.3. The van der Waals surface area contributed by atoms with E-state index in [0.29, 0.717) is 53.0 Å². The summed E-state index contributed by atoms with van der Waals surface area (Å²) in [5.74, 6) is -0.301. The smallest absolute Gasteiger partial charge is 0.311 e. The van der Waals surface area contributed by atoms with Crippen LogP contribution >= 0.6 is 11.6 Å². The molecule has 192 valence electrons. The van der Waals surface area contributed by atoms with Gasteiger partial charge in [0.1, 0.15) is 17.2 Å². The molecule has 3 aromatic carbocycles. The van der Waals surface area contributed by atoms with Crippen molar-refractivity contribution in [3.63, 3.8) is 0 Å². The maximum atomic E-state index is 13.4. The Morgan fingerprint density at radius 3 is 2.46 bits per heavy atom. The van der Waals surface area contributed by atoms with Crippen LogP contribution in [0.5, 0.6) is 17.2 Å². The molecule has 1 aliphatic heterocycles. The third-order valence-electron chi connectivity index (χ3n) is 6.80. The van der Waals surface area contributed by atoms with E-state index >= 15 is 0 Å². The van der Waals surface area contributed by atoms with Crippen molar-refractivity contribution in [3.8, 4) is 17.2 Å². The van der Waals surface area contributed by atoms with Crippen LogP contribution in [0.15, 0.2) is 66.7 Å². The lowest BCUT2D eigenvalue weighted by atomic mass is 9.93. The summed E-state index contributed by atoms with van der Waals surface area (Å²) >= 11 is 6.41. The van der Waals surface area contributed by atoms with Crippen LogP contribution in [0, 0.1) is 0 Å². The first-order chi connectivity index (χ1) is 17.9. The second-order valence-corrected chi connectivity index (χ2v) is 9.71. The molecule has 3 aromatic rings. The number of hydrogen-bond acceptors (Lipinski definition) is 5. The lowest BCUT2D eigenvalue weighted by Gasteiger charge is -2.27. The highest BCUT2D eigenvalue weighted by atomic mass is 35.5. The molecule has 0 bridgehead atoms. The van der Waals surface area contributed by atoms with Crippen LogP contribution in [0.4, 0.5) is 0 Å². The van der Waals surface area contributed by atoms with E-state index in [1.54, 1.807) is 43.5 Å². The van der Waals surface area contributed by atoms with Gasteiger partial charge in [0.2, 0.25) is 0 Å². The van der Waals surface area contributed by atoms with Gasteiger partial charge >= 0.3 is 5.97 Å². The molecule has 1 amide bonds. The number of carboxylic acid groups (broad SMARTS) is 1. The fraction of sp³-hybridized carbons (Fsp3) is 0.310. The highest BCUT2D eigenvalue weighted by Crippen LogP contribution is 2.42. The summed E-state index contributed by atoms with van der Waals surface area (Å²) in [6.45, 7) is 0.790. The molecule has 1 aliphatic carbocycles. The number of rotatable bonds is 9. The molecule has 1 saturated carbocycles. The largest absolute Gasteiger partial charge is 0.493 e. The first-order valence-corrected chi connectivity index (χ1v) is 12.7. The summed E-state index contributed by atoms with van der Waals surface area (Å²) in [5.41, 5.74) is 2.14. The first kappa shape index (κ1) is 25.1. The molecule has 0 radical (unpaired) electrons. The van der Waals surface area contributed by atoms with E-state index in [0.717, 1.165) is 18.4 Å². The molecule has 0 spiro atoms. The summed E-state index contributed by atoms with van der Waals surface area (Å²) in [7, 11) is 1.66. The van der Waals surface area contributed by atoms with E-state index in [9.17, 15) is 14.7 Å². The van der Waals surface area contributed by atoms with Gasteiger partial charge in [0.05, 0.1) is 30.2 Å². The van der Waals surface area contributed by atoms with Crippen LogP contribution in [0.1, 0.15) is 52.8 Å². The van der Waals surface area contributed by atoms with E-state index in [2.05, 4.69) is 0 Å². The van der Waals surface area contributed by atoms with Crippen LogP contribution < -0.4 is 9.47 Å². The van der Waals surface area contributed by atoms with Crippen LogP contribution in [-0.4, -0.2) is 48.2 Å². The molecular weight excluding hydrogens is 494 g/mol. The number of carbonyl (C=O) groups excluding carboxylic acids is 1. The van der Waals surface area contributed by atoms with Crippen LogP contribution in [0.25, 0.3) is 0 Å². The molecule has 1 N–H and O–H groups in total. The molecule has 1 fully saturated rings. The average molecular weight is 522 g/mol. The predicted molar refractivity (Wildman–Crippen MR) is 139 cm³/mol. The van der Waals surface area contributed by atoms with Crippen molar-refractivity contribution in [2.24, 2.45) is 0 Å². The normalized spacial score (nSPS) is 17.3. The minimum absolute atomic E-state index is 0.0491. The zero-order valence-corrected chi connectivity index (χ0v) is 21.2. The summed E-state index contributed by atoms with van der Waals surface area (Å²) in [4.78, 5) is 26.9. The topological polar surface area (TPSA) is 85.3 Å². The number of amides is 1. The number of nitrogens with zero attached hydrogens (tertiary/aromatic N) is 1. The van der Waals surface area contributed by atoms with E-state index in [4.69, 9.17) is 25.8 Å². The van der Waals surface area contributed by atoms with Crippen molar-refractivity contribution in [1.29, 1.82) is 0 Å². The number of methoxy groups -OCH3 is 1. The molecule has 2 atom stereocenters. The molecule has 2 unspecified atom stereocenters. The van der Waals surface area contributed by atoms with Crippen LogP contribution in [0.3, 0.4) is 0 Å². The van der Waals surface area contributed by atoms with Crippen molar-refractivity contribution in [2.75, 3.05) is 20.3 Å². The van der Waals surface area contributed by atoms with Gasteiger partial charge in [-0.05, 0) is 55.2 Å². The van der Waals surface area contributed by atoms with E-state index in [-0.39, 0.29) is 18.1 Å². The van der Waals surface area contributed by atoms with Gasteiger partial charge in [0, 0.05) is 30.3 Å². The number of halogens is 1. The Morgan fingerprint density at radius 2 is 1.81 bits per heavy atom. The van der Waals surface area contributed by atoms with Gasteiger partial charge in [-0.15, -0.1) is 0 Å². The lowest BCUT2D eigenvalue weighted by molar-refractivity contribution is -0.139. The monoisotopic (exact) mass is 521 g/mol. The summed E-state index contributed by atoms with van der Waals surface area (Å²) in [5, 5.41) is 9.77. The van der Waals surface area contributed by atoms with Gasteiger partial charge in [-0.2, -0.15) is 0 Å². The molecule has 0 aromatic heterocycles. The Labute approximate surface area is 220 Å². The molecule has 8 heteroatoms.